The zero-order chi connectivity index (χ0) is 11.4. The summed E-state index contributed by atoms with van der Waals surface area (Å²) in [4.78, 5) is 0. The van der Waals surface area contributed by atoms with Crippen molar-refractivity contribution in [3.05, 3.63) is 33.8 Å². The standard InChI is InChI=1S/C11H15Cl2NO/c1-7(15-2)11(14)5-8-3-4-9(12)6-10(8)13/h3-4,6-7,11H,5,14H2,1-2H3. The largest absolute Gasteiger partial charge is 0.380 e. The van der Waals surface area contributed by atoms with Crippen LogP contribution in [0.2, 0.25) is 10.0 Å². The average molecular weight is 248 g/mol. The van der Waals surface area contributed by atoms with E-state index in [-0.39, 0.29) is 12.1 Å². The summed E-state index contributed by atoms with van der Waals surface area (Å²) in [5.74, 6) is 0. The van der Waals surface area contributed by atoms with Crippen LogP contribution in [0.4, 0.5) is 0 Å². The van der Waals surface area contributed by atoms with Crippen LogP contribution in [0.15, 0.2) is 18.2 Å². The molecule has 0 radical (unpaired) electrons. The van der Waals surface area contributed by atoms with Gasteiger partial charge in [0, 0.05) is 23.2 Å². The number of rotatable bonds is 4. The molecule has 0 aliphatic rings. The zero-order valence-electron chi connectivity index (χ0n) is 8.84. The third kappa shape index (κ3) is 3.65. The van der Waals surface area contributed by atoms with Crippen molar-refractivity contribution in [1.29, 1.82) is 0 Å². The molecule has 2 N–H and O–H groups in total. The van der Waals surface area contributed by atoms with Crippen molar-refractivity contribution in [2.45, 2.75) is 25.5 Å². The van der Waals surface area contributed by atoms with E-state index in [4.69, 9.17) is 33.7 Å². The fraction of sp³-hybridized carbons (Fsp3) is 0.455. The third-order valence-corrected chi connectivity index (χ3v) is 3.03. The molecule has 1 aromatic carbocycles. The molecule has 1 aromatic rings. The predicted molar refractivity (Wildman–Crippen MR) is 64.6 cm³/mol. The highest BCUT2D eigenvalue weighted by molar-refractivity contribution is 6.35. The van der Waals surface area contributed by atoms with Gasteiger partial charge in [-0.3, -0.25) is 0 Å². The molecule has 15 heavy (non-hydrogen) atoms. The Balaban J connectivity index is 2.72. The second kappa shape index (κ2) is 5.71. The van der Waals surface area contributed by atoms with Gasteiger partial charge >= 0.3 is 0 Å². The second-order valence-corrected chi connectivity index (χ2v) is 4.39. The van der Waals surface area contributed by atoms with Crippen LogP contribution in [0.3, 0.4) is 0 Å². The normalized spacial score (nSPS) is 15.0. The van der Waals surface area contributed by atoms with Crippen LogP contribution < -0.4 is 5.73 Å². The van der Waals surface area contributed by atoms with E-state index in [2.05, 4.69) is 0 Å². The van der Waals surface area contributed by atoms with Crippen LogP contribution in [0, 0.1) is 0 Å². The lowest BCUT2D eigenvalue weighted by molar-refractivity contribution is 0.0956. The highest BCUT2D eigenvalue weighted by Gasteiger charge is 2.14. The summed E-state index contributed by atoms with van der Waals surface area (Å²) in [5.41, 5.74) is 6.95. The van der Waals surface area contributed by atoms with E-state index in [0.29, 0.717) is 16.5 Å². The molecular weight excluding hydrogens is 233 g/mol. The third-order valence-electron chi connectivity index (χ3n) is 2.45. The number of nitrogens with two attached hydrogens (primary N) is 1. The minimum Gasteiger partial charge on any atom is -0.380 e. The fourth-order valence-electron chi connectivity index (χ4n) is 1.28. The molecule has 2 nitrogen and oxygen atoms in total. The molecule has 84 valence electrons. The van der Waals surface area contributed by atoms with Crippen molar-refractivity contribution >= 4 is 23.2 Å². The fourth-order valence-corrected chi connectivity index (χ4v) is 1.77. The first-order chi connectivity index (χ1) is 7.04. The minimum absolute atomic E-state index is 0.0109. The Morgan fingerprint density at radius 3 is 2.60 bits per heavy atom. The first-order valence-electron chi connectivity index (χ1n) is 4.77. The second-order valence-electron chi connectivity index (χ2n) is 3.54. The van der Waals surface area contributed by atoms with Gasteiger partial charge in [-0.05, 0) is 31.0 Å². The summed E-state index contributed by atoms with van der Waals surface area (Å²) < 4.78 is 5.15. The van der Waals surface area contributed by atoms with Crippen LogP contribution >= 0.6 is 23.2 Å². The Labute approximate surface area is 100 Å². The topological polar surface area (TPSA) is 35.2 Å². The molecule has 0 aromatic heterocycles. The summed E-state index contributed by atoms with van der Waals surface area (Å²) >= 11 is 11.8. The van der Waals surface area contributed by atoms with E-state index >= 15 is 0 Å². The Hall–Kier alpha value is -0.280. The summed E-state index contributed by atoms with van der Waals surface area (Å²) in [7, 11) is 1.65. The van der Waals surface area contributed by atoms with Crippen molar-refractivity contribution in [1.82, 2.24) is 0 Å². The van der Waals surface area contributed by atoms with Crippen molar-refractivity contribution in [2.75, 3.05) is 7.11 Å². The summed E-state index contributed by atoms with van der Waals surface area (Å²) in [6, 6.07) is 5.37. The van der Waals surface area contributed by atoms with Crippen molar-refractivity contribution in [3.8, 4) is 0 Å². The van der Waals surface area contributed by atoms with Crippen LogP contribution in [-0.4, -0.2) is 19.3 Å². The molecule has 0 heterocycles. The van der Waals surface area contributed by atoms with Gasteiger partial charge in [-0.15, -0.1) is 0 Å². The van der Waals surface area contributed by atoms with Gasteiger partial charge in [0.1, 0.15) is 0 Å². The van der Waals surface area contributed by atoms with Crippen molar-refractivity contribution < 1.29 is 4.74 Å². The maximum atomic E-state index is 6.04. The van der Waals surface area contributed by atoms with Gasteiger partial charge in [0.05, 0.1) is 6.10 Å². The molecule has 0 spiro atoms. The lowest BCUT2D eigenvalue weighted by Gasteiger charge is -2.18. The Bertz CT molecular complexity index is 330. The number of halogens is 2. The van der Waals surface area contributed by atoms with E-state index in [1.807, 2.05) is 19.1 Å². The zero-order valence-corrected chi connectivity index (χ0v) is 10.3. The quantitative estimate of drug-likeness (QED) is 0.889. The number of benzene rings is 1. The molecule has 0 bridgehead atoms. The molecule has 0 saturated heterocycles. The minimum atomic E-state index is -0.0614. The maximum absolute atomic E-state index is 6.04. The molecule has 0 aliphatic carbocycles. The number of methoxy groups -OCH3 is 1. The Kier molecular flexibility index (Phi) is 4.87. The molecule has 0 saturated carbocycles. The molecular formula is C11H15Cl2NO. The first-order valence-corrected chi connectivity index (χ1v) is 5.52. The monoisotopic (exact) mass is 247 g/mol. The lowest BCUT2D eigenvalue weighted by atomic mass is 10.0. The SMILES string of the molecule is COC(C)C(N)Cc1ccc(Cl)cc1Cl. The van der Waals surface area contributed by atoms with E-state index in [1.165, 1.54) is 0 Å². The molecule has 0 fully saturated rings. The van der Waals surface area contributed by atoms with Gasteiger partial charge in [-0.1, -0.05) is 29.3 Å². The maximum Gasteiger partial charge on any atom is 0.0697 e. The van der Waals surface area contributed by atoms with Gasteiger partial charge in [0.25, 0.3) is 0 Å². The summed E-state index contributed by atoms with van der Waals surface area (Å²) in [6.07, 6.45) is 0.696. The average Bonchev–Trinajstić information content (AvgIpc) is 2.20. The highest BCUT2D eigenvalue weighted by Crippen LogP contribution is 2.22. The molecule has 1 rings (SSSR count). The number of hydrogen-bond acceptors (Lipinski definition) is 2. The number of hydrogen-bond donors (Lipinski definition) is 1. The van der Waals surface area contributed by atoms with Crippen molar-refractivity contribution in [3.63, 3.8) is 0 Å². The summed E-state index contributed by atoms with van der Waals surface area (Å²) in [6.45, 7) is 1.94. The smallest absolute Gasteiger partial charge is 0.0697 e. The van der Waals surface area contributed by atoms with Gasteiger partial charge < -0.3 is 10.5 Å². The lowest BCUT2D eigenvalue weighted by Crippen LogP contribution is -2.35. The van der Waals surface area contributed by atoms with E-state index in [1.54, 1.807) is 13.2 Å². The number of ether oxygens (including phenoxy) is 1. The molecule has 4 heteroatoms. The van der Waals surface area contributed by atoms with Crippen LogP contribution in [0.1, 0.15) is 12.5 Å². The van der Waals surface area contributed by atoms with Crippen LogP contribution in [0.25, 0.3) is 0 Å². The van der Waals surface area contributed by atoms with E-state index in [9.17, 15) is 0 Å². The molecule has 2 unspecified atom stereocenters. The van der Waals surface area contributed by atoms with Gasteiger partial charge in [-0.25, -0.2) is 0 Å². The van der Waals surface area contributed by atoms with E-state index in [0.717, 1.165) is 5.56 Å². The van der Waals surface area contributed by atoms with Crippen molar-refractivity contribution in [2.24, 2.45) is 5.73 Å². The molecule has 0 aliphatic heterocycles. The predicted octanol–water partition coefficient (Wildman–Crippen LogP) is 2.90. The highest BCUT2D eigenvalue weighted by atomic mass is 35.5. The van der Waals surface area contributed by atoms with Crippen LogP contribution in [0.5, 0.6) is 0 Å². The Morgan fingerprint density at radius 2 is 2.07 bits per heavy atom. The van der Waals surface area contributed by atoms with Gasteiger partial charge in [0.2, 0.25) is 0 Å². The molecule has 0 amide bonds. The van der Waals surface area contributed by atoms with Gasteiger partial charge in [0.15, 0.2) is 0 Å². The molecule has 2 atom stereocenters. The Morgan fingerprint density at radius 1 is 1.40 bits per heavy atom. The first kappa shape index (κ1) is 12.8. The van der Waals surface area contributed by atoms with Crippen LogP contribution in [-0.2, 0) is 11.2 Å². The summed E-state index contributed by atoms with van der Waals surface area (Å²) in [5, 5.41) is 1.29. The van der Waals surface area contributed by atoms with E-state index < -0.39 is 0 Å². The van der Waals surface area contributed by atoms with Gasteiger partial charge in [-0.2, -0.15) is 0 Å².